The summed E-state index contributed by atoms with van der Waals surface area (Å²) in [4.78, 5) is 12.5. The Morgan fingerprint density at radius 2 is 1.84 bits per heavy atom. The molecule has 0 spiro atoms. The largest absolute Gasteiger partial charge is 0.493 e. The molecular weight excluding hydrogens is 448 g/mol. The number of nitrogens with zero attached hydrogens (tertiary/aromatic N) is 3. The van der Waals surface area contributed by atoms with E-state index in [2.05, 4.69) is 15.5 Å². The van der Waals surface area contributed by atoms with Crippen molar-refractivity contribution in [2.75, 3.05) is 12.4 Å². The topological polar surface area (TPSA) is 69.0 Å². The zero-order chi connectivity index (χ0) is 23.3. The molecular formula is C21H20F4N4O2S. The summed E-state index contributed by atoms with van der Waals surface area (Å²) in [7, 11) is 1.70. The van der Waals surface area contributed by atoms with Gasteiger partial charge in [-0.3, -0.25) is 4.79 Å². The minimum Gasteiger partial charge on any atom is -0.493 e. The second kappa shape index (κ2) is 10.0. The van der Waals surface area contributed by atoms with Crippen LogP contribution in [0.25, 0.3) is 0 Å². The first-order valence-electron chi connectivity index (χ1n) is 9.54. The van der Waals surface area contributed by atoms with Crippen molar-refractivity contribution in [3.8, 4) is 5.75 Å². The van der Waals surface area contributed by atoms with Crippen molar-refractivity contribution in [3.05, 3.63) is 71.3 Å². The van der Waals surface area contributed by atoms with Crippen LogP contribution in [0.2, 0.25) is 0 Å². The Labute approximate surface area is 186 Å². The molecule has 0 fully saturated rings. The van der Waals surface area contributed by atoms with Crippen LogP contribution in [0.5, 0.6) is 5.75 Å². The van der Waals surface area contributed by atoms with Crippen molar-refractivity contribution in [2.24, 2.45) is 7.05 Å². The van der Waals surface area contributed by atoms with Gasteiger partial charge in [0.2, 0.25) is 0 Å². The molecule has 11 heteroatoms. The number of amides is 1. The Morgan fingerprint density at radius 3 is 2.53 bits per heavy atom. The number of hydrogen-bond donors (Lipinski definition) is 1. The van der Waals surface area contributed by atoms with Crippen molar-refractivity contribution < 1.29 is 27.1 Å². The number of aromatic nitrogens is 3. The van der Waals surface area contributed by atoms with E-state index in [0.717, 1.165) is 12.1 Å². The number of ether oxygens (including phenoxy) is 1. The quantitative estimate of drug-likeness (QED) is 0.297. The lowest BCUT2D eigenvalue weighted by atomic mass is 10.1. The van der Waals surface area contributed by atoms with Gasteiger partial charge in [0.05, 0.1) is 23.8 Å². The predicted molar refractivity (Wildman–Crippen MR) is 111 cm³/mol. The van der Waals surface area contributed by atoms with Crippen LogP contribution in [0.4, 0.5) is 17.6 Å². The summed E-state index contributed by atoms with van der Waals surface area (Å²) < 4.78 is 59.6. The van der Waals surface area contributed by atoms with E-state index in [0.29, 0.717) is 29.1 Å². The van der Waals surface area contributed by atoms with E-state index >= 15 is 0 Å². The molecule has 0 saturated heterocycles. The Balaban J connectivity index is 1.58. The summed E-state index contributed by atoms with van der Waals surface area (Å²) in [6.07, 6.45) is -4.64. The molecule has 3 aromatic rings. The number of thioether (sulfide) groups is 1. The van der Waals surface area contributed by atoms with Crippen molar-refractivity contribution in [1.82, 2.24) is 20.1 Å². The average molecular weight is 468 g/mol. The summed E-state index contributed by atoms with van der Waals surface area (Å²) in [5.74, 6) is 0.269. The molecule has 170 valence electrons. The maximum Gasteiger partial charge on any atom is 0.417 e. The molecule has 3 rings (SSSR count). The van der Waals surface area contributed by atoms with E-state index in [1.54, 1.807) is 18.5 Å². The van der Waals surface area contributed by atoms with E-state index in [-0.39, 0.29) is 5.82 Å². The van der Waals surface area contributed by atoms with E-state index in [1.165, 1.54) is 48.2 Å². The molecule has 0 bridgehead atoms. The van der Waals surface area contributed by atoms with Gasteiger partial charge in [0.15, 0.2) is 11.0 Å². The predicted octanol–water partition coefficient (Wildman–Crippen LogP) is 4.64. The number of alkyl halides is 3. The Kier molecular flexibility index (Phi) is 7.39. The molecule has 0 aliphatic carbocycles. The molecule has 0 saturated carbocycles. The first kappa shape index (κ1) is 23.6. The molecule has 32 heavy (non-hydrogen) atoms. The van der Waals surface area contributed by atoms with Crippen LogP contribution in [0.3, 0.4) is 0 Å². The lowest BCUT2D eigenvalue weighted by Crippen LogP contribution is -2.30. The number of nitrogens with one attached hydrogen (secondary N) is 1. The van der Waals surface area contributed by atoms with Crippen LogP contribution in [0, 0.1) is 5.82 Å². The summed E-state index contributed by atoms with van der Waals surface area (Å²) in [6, 6.07) is 9.60. The molecule has 0 aliphatic heterocycles. The summed E-state index contributed by atoms with van der Waals surface area (Å²) in [6.45, 7) is 1.96. The smallest absolute Gasteiger partial charge is 0.417 e. The van der Waals surface area contributed by atoms with Crippen LogP contribution in [0.1, 0.15) is 34.7 Å². The molecule has 1 aromatic heterocycles. The van der Waals surface area contributed by atoms with E-state index < -0.39 is 29.3 Å². The second-order valence-electron chi connectivity index (χ2n) is 6.79. The molecule has 2 aromatic carbocycles. The van der Waals surface area contributed by atoms with Gasteiger partial charge < -0.3 is 14.6 Å². The van der Waals surface area contributed by atoms with Gasteiger partial charge in [-0.15, -0.1) is 10.2 Å². The van der Waals surface area contributed by atoms with E-state index in [9.17, 15) is 22.4 Å². The molecule has 1 amide bonds. The minimum absolute atomic E-state index is 0.346. The molecule has 0 unspecified atom stereocenters. The summed E-state index contributed by atoms with van der Waals surface area (Å²) in [5, 5.41) is 11.2. The van der Waals surface area contributed by atoms with Crippen molar-refractivity contribution in [2.45, 2.75) is 24.3 Å². The fraction of sp³-hybridized carbons (Fsp3) is 0.286. The Morgan fingerprint density at radius 1 is 1.16 bits per heavy atom. The first-order valence-corrected chi connectivity index (χ1v) is 10.5. The number of carbonyl (C=O) groups excluding carboxylic acids is 1. The maximum absolute atomic E-state index is 13.2. The number of benzene rings is 2. The standard InChI is InChI=1S/C21H20F4N4O2S/c1-13(26-19(30)16-5-3-4-6-17(16)21(23,24)25)18-27-28-20(29(18)2)32-12-11-31-15-9-7-14(22)8-10-15/h3-10,13H,11-12H2,1-2H3,(H,26,30)/t13-/m1/s1. The van der Waals surface area contributed by atoms with Gasteiger partial charge in [0.1, 0.15) is 11.6 Å². The fourth-order valence-electron chi connectivity index (χ4n) is 2.92. The molecule has 6 nitrogen and oxygen atoms in total. The van der Waals surface area contributed by atoms with Crippen molar-refractivity contribution >= 4 is 17.7 Å². The number of rotatable bonds is 8. The fourth-order valence-corrected chi connectivity index (χ4v) is 3.65. The van der Waals surface area contributed by atoms with Crippen LogP contribution in [0.15, 0.2) is 53.7 Å². The van der Waals surface area contributed by atoms with E-state index in [1.807, 2.05) is 0 Å². The lowest BCUT2D eigenvalue weighted by Gasteiger charge is -2.16. The van der Waals surface area contributed by atoms with Crippen LogP contribution < -0.4 is 10.1 Å². The highest BCUT2D eigenvalue weighted by atomic mass is 32.2. The van der Waals surface area contributed by atoms with Crippen LogP contribution in [-0.4, -0.2) is 33.0 Å². The summed E-state index contributed by atoms with van der Waals surface area (Å²) >= 11 is 1.36. The van der Waals surface area contributed by atoms with Gasteiger partial charge in [-0.1, -0.05) is 23.9 Å². The monoisotopic (exact) mass is 468 g/mol. The third-order valence-corrected chi connectivity index (χ3v) is 5.46. The number of halogens is 4. The number of carbonyl (C=O) groups is 1. The molecule has 1 heterocycles. The van der Waals surface area contributed by atoms with Crippen LogP contribution in [-0.2, 0) is 13.2 Å². The zero-order valence-electron chi connectivity index (χ0n) is 17.2. The molecule has 0 radical (unpaired) electrons. The van der Waals surface area contributed by atoms with Crippen molar-refractivity contribution in [1.29, 1.82) is 0 Å². The average Bonchev–Trinajstić information content (AvgIpc) is 3.12. The van der Waals surface area contributed by atoms with Crippen molar-refractivity contribution in [3.63, 3.8) is 0 Å². The lowest BCUT2D eigenvalue weighted by molar-refractivity contribution is -0.137. The van der Waals surface area contributed by atoms with Gasteiger partial charge in [-0.05, 0) is 43.3 Å². The number of hydrogen-bond acceptors (Lipinski definition) is 5. The summed E-state index contributed by atoms with van der Waals surface area (Å²) in [5.41, 5.74) is -1.46. The Hall–Kier alpha value is -3.08. The maximum atomic E-state index is 13.2. The normalized spacial score (nSPS) is 12.4. The van der Waals surface area contributed by atoms with Gasteiger partial charge in [0, 0.05) is 12.8 Å². The Bertz CT molecular complexity index is 1070. The van der Waals surface area contributed by atoms with E-state index in [4.69, 9.17) is 4.74 Å². The van der Waals surface area contributed by atoms with Gasteiger partial charge in [0.25, 0.3) is 5.91 Å². The zero-order valence-corrected chi connectivity index (χ0v) is 18.0. The highest BCUT2D eigenvalue weighted by Gasteiger charge is 2.35. The van der Waals surface area contributed by atoms with Crippen LogP contribution >= 0.6 is 11.8 Å². The first-order chi connectivity index (χ1) is 15.2. The molecule has 1 N–H and O–H groups in total. The van der Waals surface area contributed by atoms with Gasteiger partial charge in [-0.2, -0.15) is 13.2 Å². The SMILES string of the molecule is C[C@@H](NC(=O)c1ccccc1C(F)(F)F)c1nnc(SCCOc2ccc(F)cc2)n1C. The molecule has 1 atom stereocenters. The van der Waals surface area contributed by atoms with Gasteiger partial charge in [-0.25, -0.2) is 4.39 Å². The third-order valence-electron chi connectivity index (χ3n) is 4.48. The third kappa shape index (κ3) is 5.78. The minimum atomic E-state index is -4.64. The highest BCUT2D eigenvalue weighted by Crippen LogP contribution is 2.32. The second-order valence-corrected chi connectivity index (χ2v) is 7.85. The van der Waals surface area contributed by atoms with Gasteiger partial charge >= 0.3 is 6.18 Å². The molecule has 0 aliphatic rings. The highest BCUT2D eigenvalue weighted by molar-refractivity contribution is 7.99.